The SMILES string of the molecule is COCCN1C(=O)C(C)(C)c2cc3[nH]c(-c4ccc(OC)cc4)nc3cc21. The number of H-pyrrole nitrogens is 1. The van der Waals surface area contributed by atoms with Gasteiger partial charge < -0.3 is 19.4 Å². The summed E-state index contributed by atoms with van der Waals surface area (Å²) in [5.74, 6) is 1.70. The molecule has 1 aliphatic rings. The van der Waals surface area contributed by atoms with Crippen molar-refractivity contribution >= 4 is 22.6 Å². The minimum Gasteiger partial charge on any atom is -0.497 e. The predicted molar refractivity (Wildman–Crippen MR) is 105 cm³/mol. The molecule has 2 aromatic carbocycles. The molecule has 0 atom stereocenters. The number of hydrogen-bond acceptors (Lipinski definition) is 4. The lowest BCUT2D eigenvalue weighted by Gasteiger charge is -2.19. The minimum atomic E-state index is -0.567. The van der Waals surface area contributed by atoms with Crippen molar-refractivity contribution in [3.05, 3.63) is 42.0 Å². The first-order valence-corrected chi connectivity index (χ1v) is 8.95. The molecule has 2 heterocycles. The van der Waals surface area contributed by atoms with E-state index in [0.717, 1.165) is 39.4 Å². The van der Waals surface area contributed by atoms with Crippen molar-refractivity contribution in [1.82, 2.24) is 9.97 Å². The quantitative estimate of drug-likeness (QED) is 0.751. The average Bonchev–Trinajstić information content (AvgIpc) is 3.17. The zero-order valence-electron chi connectivity index (χ0n) is 16.0. The van der Waals surface area contributed by atoms with Gasteiger partial charge in [-0.3, -0.25) is 4.79 Å². The highest BCUT2D eigenvalue weighted by Crippen LogP contribution is 2.43. The molecule has 0 unspecified atom stereocenters. The van der Waals surface area contributed by atoms with Crippen LogP contribution >= 0.6 is 0 Å². The molecule has 0 saturated heterocycles. The van der Waals surface area contributed by atoms with Crippen molar-refractivity contribution in [2.75, 3.05) is 32.3 Å². The van der Waals surface area contributed by atoms with Crippen LogP contribution in [0, 0.1) is 0 Å². The number of nitrogens with one attached hydrogen (secondary N) is 1. The van der Waals surface area contributed by atoms with Gasteiger partial charge in [0.05, 0.1) is 35.9 Å². The van der Waals surface area contributed by atoms with E-state index in [1.54, 1.807) is 19.1 Å². The topological polar surface area (TPSA) is 67.5 Å². The Morgan fingerprint density at radius 1 is 1.15 bits per heavy atom. The number of fused-ring (bicyclic) bond motifs is 2. The molecule has 0 saturated carbocycles. The molecule has 140 valence electrons. The van der Waals surface area contributed by atoms with Crippen LogP contribution in [0.3, 0.4) is 0 Å². The fraction of sp³-hybridized carbons (Fsp3) is 0.333. The summed E-state index contributed by atoms with van der Waals surface area (Å²) in [6.45, 7) is 4.96. The first kappa shape index (κ1) is 17.5. The van der Waals surface area contributed by atoms with Gasteiger partial charge in [-0.05, 0) is 55.8 Å². The van der Waals surface area contributed by atoms with E-state index in [2.05, 4.69) is 11.1 Å². The Kier molecular flexibility index (Phi) is 4.15. The first-order valence-electron chi connectivity index (χ1n) is 8.95. The predicted octanol–water partition coefficient (Wildman–Crippen LogP) is 3.51. The Morgan fingerprint density at radius 2 is 1.89 bits per heavy atom. The molecule has 6 heteroatoms. The molecule has 1 amide bonds. The summed E-state index contributed by atoms with van der Waals surface area (Å²) >= 11 is 0. The number of anilines is 1. The molecule has 4 rings (SSSR count). The van der Waals surface area contributed by atoms with Crippen molar-refractivity contribution in [1.29, 1.82) is 0 Å². The Morgan fingerprint density at radius 3 is 2.56 bits per heavy atom. The molecular formula is C21H23N3O3. The van der Waals surface area contributed by atoms with E-state index in [-0.39, 0.29) is 5.91 Å². The van der Waals surface area contributed by atoms with Gasteiger partial charge in [-0.1, -0.05) is 0 Å². The van der Waals surface area contributed by atoms with E-state index >= 15 is 0 Å². The highest BCUT2D eigenvalue weighted by Gasteiger charge is 2.44. The van der Waals surface area contributed by atoms with Gasteiger partial charge in [0.25, 0.3) is 0 Å². The summed E-state index contributed by atoms with van der Waals surface area (Å²) in [6.07, 6.45) is 0. The Bertz CT molecular complexity index is 1010. The number of imidazole rings is 1. The van der Waals surface area contributed by atoms with Crippen LogP contribution in [0.1, 0.15) is 19.4 Å². The molecule has 1 aromatic heterocycles. The van der Waals surface area contributed by atoms with Gasteiger partial charge in [0.2, 0.25) is 5.91 Å². The molecule has 0 bridgehead atoms. The number of amides is 1. The second kappa shape index (κ2) is 6.39. The van der Waals surface area contributed by atoms with E-state index in [0.29, 0.717) is 13.2 Å². The third-order valence-electron chi connectivity index (χ3n) is 5.23. The summed E-state index contributed by atoms with van der Waals surface area (Å²) in [7, 11) is 3.29. The molecule has 6 nitrogen and oxygen atoms in total. The van der Waals surface area contributed by atoms with Crippen molar-refractivity contribution in [2.45, 2.75) is 19.3 Å². The number of aromatic nitrogens is 2. The van der Waals surface area contributed by atoms with Crippen molar-refractivity contribution in [3.8, 4) is 17.1 Å². The molecule has 0 fully saturated rings. The zero-order chi connectivity index (χ0) is 19.2. The van der Waals surface area contributed by atoms with E-state index in [4.69, 9.17) is 14.5 Å². The molecule has 0 aliphatic carbocycles. The van der Waals surface area contributed by atoms with Crippen LogP contribution in [0.15, 0.2) is 36.4 Å². The van der Waals surface area contributed by atoms with Gasteiger partial charge in [0, 0.05) is 19.2 Å². The third-order valence-corrected chi connectivity index (χ3v) is 5.23. The summed E-state index contributed by atoms with van der Waals surface area (Å²) in [4.78, 5) is 22.8. The number of carbonyl (C=O) groups is 1. The standard InChI is InChI=1S/C21H23N3O3/c1-21(2)15-11-16-17(12-18(15)24(20(21)25)9-10-26-3)23-19(22-16)13-5-7-14(27-4)8-6-13/h5-8,11-12H,9-10H2,1-4H3,(H,22,23). The molecular weight excluding hydrogens is 342 g/mol. The van der Waals surface area contributed by atoms with Crippen molar-refractivity contribution in [2.24, 2.45) is 0 Å². The molecule has 0 radical (unpaired) electrons. The third kappa shape index (κ3) is 2.77. The van der Waals surface area contributed by atoms with Crippen LogP contribution < -0.4 is 9.64 Å². The number of methoxy groups -OCH3 is 2. The number of benzene rings is 2. The number of hydrogen-bond donors (Lipinski definition) is 1. The maximum atomic E-state index is 12.9. The number of carbonyl (C=O) groups excluding carboxylic acids is 1. The van der Waals surface area contributed by atoms with Crippen molar-refractivity contribution in [3.63, 3.8) is 0 Å². The largest absolute Gasteiger partial charge is 0.497 e. The minimum absolute atomic E-state index is 0.0950. The van der Waals surface area contributed by atoms with Crippen LogP contribution in [-0.4, -0.2) is 43.2 Å². The maximum absolute atomic E-state index is 12.9. The van der Waals surface area contributed by atoms with Crippen LogP contribution in [-0.2, 0) is 14.9 Å². The van der Waals surface area contributed by atoms with Crippen LogP contribution in [0.5, 0.6) is 5.75 Å². The fourth-order valence-electron chi connectivity index (χ4n) is 3.62. The highest BCUT2D eigenvalue weighted by molar-refractivity contribution is 6.09. The summed E-state index contributed by atoms with van der Waals surface area (Å²) in [6, 6.07) is 11.8. The smallest absolute Gasteiger partial charge is 0.237 e. The lowest BCUT2D eigenvalue weighted by molar-refractivity contribution is -0.122. The normalized spacial score (nSPS) is 15.4. The van der Waals surface area contributed by atoms with Crippen molar-refractivity contribution < 1.29 is 14.3 Å². The van der Waals surface area contributed by atoms with Gasteiger partial charge in [0.1, 0.15) is 11.6 Å². The number of rotatable bonds is 5. The average molecular weight is 365 g/mol. The molecule has 1 aliphatic heterocycles. The molecule has 0 spiro atoms. The Labute approximate surface area is 158 Å². The second-order valence-electron chi connectivity index (χ2n) is 7.28. The van der Waals surface area contributed by atoms with E-state index < -0.39 is 5.41 Å². The van der Waals surface area contributed by atoms with Crippen LogP contribution in [0.4, 0.5) is 5.69 Å². The van der Waals surface area contributed by atoms with Crippen LogP contribution in [0.25, 0.3) is 22.4 Å². The Hall–Kier alpha value is -2.86. The fourth-order valence-corrected chi connectivity index (χ4v) is 3.62. The van der Waals surface area contributed by atoms with Gasteiger partial charge in [0.15, 0.2) is 0 Å². The maximum Gasteiger partial charge on any atom is 0.237 e. The van der Waals surface area contributed by atoms with E-state index in [1.807, 2.05) is 44.2 Å². The second-order valence-corrected chi connectivity index (χ2v) is 7.28. The summed E-state index contributed by atoms with van der Waals surface area (Å²) in [5.41, 5.74) is 4.12. The van der Waals surface area contributed by atoms with Gasteiger partial charge >= 0.3 is 0 Å². The Balaban J connectivity index is 1.79. The monoisotopic (exact) mass is 365 g/mol. The van der Waals surface area contributed by atoms with Gasteiger partial charge in [-0.15, -0.1) is 0 Å². The highest BCUT2D eigenvalue weighted by atomic mass is 16.5. The number of nitrogens with zero attached hydrogens (tertiary/aromatic N) is 2. The number of aromatic amines is 1. The first-order chi connectivity index (χ1) is 13.0. The molecule has 27 heavy (non-hydrogen) atoms. The zero-order valence-corrected chi connectivity index (χ0v) is 16.0. The summed E-state index contributed by atoms with van der Waals surface area (Å²) in [5, 5.41) is 0. The van der Waals surface area contributed by atoms with Crippen LogP contribution in [0.2, 0.25) is 0 Å². The van der Waals surface area contributed by atoms with Gasteiger partial charge in [-0.25, -0.2) is 4.98 Å². The lowest BCUT2D eigenvalue weighted by Crippen LogP contribution is -2.37. The van der Waals surface area contributed by atoms with Gasteiger partial charge in [-0.2, -0.15) is 0 Å². The number of ether oxygens (including phenoxy) is 2. The lowest BCUT2D eigenvalue weighted by atomic mass is 9.86. The van der Waals surface area contributed by atoms with E-state index in [1.165, 1.54) is 0 Å². The molecule has 1 N–H and O–H groups in total. The summed E-state index contributed by atoms with van der Waals surface area (Å²) < 4.78 is 10.4. The van der Waals surface area contributed by atoms with E-state index in [9.17, 15) is 4.79 Å². The molecule has 3 aromatic rings.